The smallest absolute Gasteiger partial charge is 0.137 e. The lowest BCUT2D eigenvalue weighted by Gasteiger charge is -2.17. The molecule has 1 nitrogen and oxygen atoms in total. The summed E-state index contributed by atoms with van der Waals surface area (Å²) in [7, 11) is 0. The standard InChI is InChI=1S/C12H15FO/c1-8(2)12(9(3)14)10-5-4-6-11(13)7-10/h4-8,12H,1-3H3. The van der Waals surface area contributed by atoms with Crippen molar-refractivity contribution in [2.24, 2.45) is 5.92 Å². The number of hydrogen-bond acceptors (Lipinski definition) is 1. The van der Waals surface area contributed by atoms with Crippen LogP contribution in [-0.2, 0) is 4.79 Å². The van der Waals surface area contributed by atoms with Crippen molar-refractivity contribution in [1.29, 1.82) is 0 Å². The zero-order valence-electron chi connectivity index (χ0n) is 8.75. The van der Waals surface area contributed by atoms with Gasteiger partial charge in [-0.2, -0.15) is 0 Å². The molecule has 0 spiro atoms. The summed E-state index contributed by atoms with van der Waals surface area (Å²) in [6.07, 6.45) is 0. The fraction of sp³-hybridized carbons (Fsp3) is 0.417. The first kappa shape index (κ1) is 10.9. The van der Waals surface area contributed by atoms with E-state index >= 15 is 0 Å². The van der Waals surface area contributed by atoms with E-state index in [0.29, 0.717) is 0 Å². The van der Waals surface area contributed by atoms with Crippen LogP contribution in [-0.4, -0.2) is 5.78 Å². The van der Waals surface area contributed by atoms with E-state index < -0.39 is 0 Å². The molecule has 1 rings (SSSR count). The molecule has 0 bridgehead atoms. The predicted octanol–water partition coefficient (Wildman–Crippen LogP) is 3.15. The average molecular weight is 194 g/mol. The quantitative estimate of drug-likeness (QED) is 0.722. The van der Waals surface area contributed by atoms with Gasteiger partial charge < -0.3 is 0 Å². The second-order valence-electron chi connectivity index (χ2n) is 3.89. The third-order valence-electron chi connectivity index (χ3n) is 2.31. The first-order valence-corrected chi connectivity index (χ1v) is 4.78. The van der Waals surface area contributed by atoms with Gasteiger partial charge in [0.05, 0.1) is 0 Å². The van der Waals surface area contributed by atoms with Crippen molar-refractivity contribution in [3.63, 3.8) is 0 Å². The molecule has 0 saturated heterocycles. The van der Waals surface area contributed by atoms with Crippen LogP contribution in [0.3, 0.4) is 0 Å². The Balaban J connectivity index is 3.05. The second-order valence-corrected chi connectivity index (χ2v) is 3.89. The number of halogens is 1. The second kappa shape index (κ2) is 4.36. The molecule has 0 aliphatic carbocycles. The van der Waals surface area contributed by atoms with Crippen molar-refractivity contribution in [2.45, 2.75) is 26.7 Å². The maximum Gasteiger partial charge on any atom is 0.137 e. The van der Waals surface area contributed by atoms with Gasteiger partial charge in [-0.1, -0.05) is 26.0 Å². The Kier molecular flexibility index (Phi) is 3.39. The Bertz CT molecular complexity index is 331. The SMILES string of the molecule is CC(=O)C(c1cccc(F)c1)C(C)C. The molecule has 1 aromatic carbocycles. The monoisotopic (exact) mass is 194 g/mol. The van der Waals surface area contributed by atoms with E-state index in [4.69, 9.17) is 0 Å². The molecule has 0 heterocycles. The van der Waals surface area contributed by atoms with Gasteiger partial charge in [0.1, 0.15) is 11.6 Å². The Morgan fingerprint density at radius 1 is 1.36 bits per heavy atom. The summed E-state index contributed by atoms with van der Waals surface area (Å²) in [6, 6.07) is 6.27. The summed E-state index contributed by atoms with van der Waals surface area (Å²) in [5.41, 5.74) is 0.771. The van der Waals surface area contributed by atoms with Crippen molar-refractivity contribution in [3.8, 4) is 0 Å². The highest BCUT2D eigenvalue weighted by molar-refractivity contribution is 5.83. The normalized spacial score (nSPS) is 12.9. The molecule has 14 heavy (non-hydrogen) atoms. The van der Waals surface area contributed by atoms with E-state index in [1.165, 1.54) is 12.1 Å². The van der Waals surface area contributed by atoms with Gasteiger partial charge in [0.15, 0.2) is 0 Å². The lowest BCUT2D eigenvalue weighted by Crippen LogP contribution is -2.15. The highest BCUT2D eigenvalue weighted by atomic mass is 19.1. The summed E-state index contributed by atoms with van der Waals surface area (Å²) in [6.45, 7) is 5.49. The molecule has 1 atom stereocenters. The third-order valence-corrected chi connectivity index (χ3v) is 2.31. The molecule has 0 amide bonds. The molecule has 76 valence electrons. The molecule has 0 N–H and O–H groups in total. The molecule has 0 saturated carbocycles. The van der Waals surface area contributed by atoms with Crippen molar-refractivity contribution >= 4 is 5.78 Å². The molecule has 0 fully saturated rings. The van der Waals surface area contributed by atoms with Crippen LogP contribution in [0.15, 0.2) is 24.3 Å². The first-order valence-electron chi connectivity index (χ1n) is 4.78. The minimum absolute atomic E-state index is 0.0885. The number of hydrogen-bond donors (Lipinski definition) is 0. The summed E-state index contributed by atoms with van der Waals surface area (Å²) in [4.78, 5) is 11.4. The number of carbonyl (C=O) groups is 1. The van der Waals surface area contributed by atoms with E-state index in [0.717, 1.165) is 5.56 Å². The fourth-order valence-electron chi connectivity index (χ4n) is 1.79. The van der Waals surface area contributed by atoms with Crippen molar-refractivity contribution < 1.29 is 9.18 Å². The van der Waals surface area contributed by atoms with Crippen LogP contribution < -0.4 is 0 Å². The molecule has 0 radical (unpaired) electrons. The average Bonchev–Trinajstić information content (AvgIpc) is 2.02. The van der Waals surface area contributed by atoms with Crippen molar-refractivity contribution in [3.05, 3.63) is 35.6 Å². The number of rotatable bonds is 3. The Labute approximate surface area is 83.9 Å². The minimum Gasteiger partial charge on any atom is -0.299 e. The zero-order chi connectivity index (χ0) is 10.7. The van der Waals surface area contributed by atoms with Gasteiger partial charge in [0.25, 0.3) is 0 Å². The Hall–Kier alpha value is -1.18. The van der Waals surface area contributed by atoms with Crippen LogP contribution in [0.1, 0.15) is 32.3 Å². The molecule has 0 aromatic heterocycles. The van der Waals surface area contributed by atoms with Crippen LogP contribution in [0.5, 0.6) is 0 Å². The van der Waals surface area contributed by atoms with Gasteiger partial charge in [-0.3, -0.25) is 4.79 Å². The van der Waals surface area contributed by atoms with Crippen LogP contribution in [0.4, 0.5) is 4.39 Å². The number of benzene rings is 1. The highest BCUT2D eigenvalue weighted by Crippen LogP contribution is 2.25. The van der Waals surface area contributed by atoms with Crippen LogP contribution in [0, 0.1) is 11.7 Å². The Morgan fingerprint density at radius 3 is 2.43 bits per heavy atom. The van der Waals surface area contributed by atoms with Gasteiger partial charge in [-0.15, -0.1) is 0 Å². The molecule has 1 aromatic rings. The minimum atomic E-state index is -0.283. The number of ketones is 1. The molecule has 0 aliphatic rings. The molecular formula is C12H15FO. The Morgan fingerprint density at radius 2 is 2.00 bits per heavy atom. The van der Waals surface area contributed by atoms with Gasteiger partial charge in [-0.05, 0) is 30.5 Å². The molecular weight excluding hydrogens is 179 g/mol. The maximum atomic E-state index is 12.9. The molecule has 1 unspecified atom stereocenters. The first-order chi connectivity index (χ1) is 6.52. The predicted molar refractivity (Wildman–Crippen MR) is 54.7 cm³/mol. The van der Waals surface area contributed by atoms with E-state index in [1.807, 2.05) is 13.8 Å². The van der Waals surface area contributed by atoms with Crippen LogP contribution in [0.25, 0.3) is 0 Å². The van der Waals surface area contributed by atoms with Crippen LogP contribution in [0.2, 0.25) is 0 Å². The maximum absolute atomic E-state index is 12.9. The lowest BCUT2D eigenvalue weighted by molar-refractivity contribution is -0.119. The summed E-state index contributed by atoms with van der Waals surface area (Å²) in [5.74, 6) is -0.181. The highest BCUT2D eigenvalue weighted by Gasteiger charge is 2.20. The van der Waals surface area contributed by atoms with E-state index in [2.05, 4.69) is 0 Å². The summed E-state index contributed by atoms with van der Waals surface area (Å²) < 4.78 is 12.9. The van der Waals surface area contributed by atoms with Gasteiger partial charge in [-0.25, -0.2) is 4.39 Å². The summed E-state index contributed by atoms with van der Waals surface area (Å²) >= 11 is 0. The topological polar surface area (TPSA) is 17.1 Å². The van der Waals surface area contributed by atoms with Gasteiger partial charge >= 0.3 is 0 Å². The summed E-state index contributed by atoms with van der Waals surface area (Å²) in [5, 5.41) is 0. The molecule has 0 aliphatic heterocycles. The van der Waals surface area contributed by atoms with Crippen molar-refractivity contribution in [2.75, 3.05) is 0 Å². The number of Topliss-reactive ketones (excluding diaryl/α,β-unsaturated/α-hetero) is 1. The van der Waals surface area contributed by atoms with Gasteiger partial charge in [0, 0.05) is 5.92 Å². The lowest BCUT2D eigenvalue weighted by atomic mass is 9.85. The molecule has 2 heteroatoms. The largest absolute Gasteiger partial charge is 0.299 e. The van der Waals surface area contributed by atoms with E-state index in [9.17, 15) is 9.18 Å². The van der Waals surface area contributed by atoms with Crippen LogP contribution >= 0.6 is 0 Å². The third kappa shape index (κ3) is 2.41. The van der Waals surface area contributed by atoms with E-state index in [1.54, 1.807) is 19.1 Å². The van der Waals surface area contributed by atoms with Gasteiger partial charge in [0.2, 0.25) is 0 Å². The fourth-order valence-corrected chi connectivity index (χ4v) is 1.79. The van der Waals surface area contributed by atoms with Crippen molar-refractivity contribution in [1.82, 2.24) is 0 Å². The number of carbonyl (C=O) groups excluding carboxylic acids is 1. The zero-order valence-corrected chi connectivity index (χ0v) is 8.75. The van der Waals surface area contributed by atoms with E-state index in [-0.39, 0.29) is 23.4 Å².